The number of hydrogen-bond donors (Lipinski definition) is 3. The molecule has 0 aliphatic carbocycles. The van der Waals surface area contributed by atoms with Crippen LogP contribution in [0, 0.1) is 0 Å². The second kappa shape index (κ2) is 8.86. The first-order valence-corrected chi connectivity index (χ1v) is 9.28. The molecule has 0 atom stereocenters. The van der Waals surface area contributed by atoms with Crippen molar-refractivity contribution < 1.29 is 32.6 Å². The Morgan fingerprint density at radius 2 is 1.85 bits per heavy atom. The van der Waals surface area contributed by atoms with Crippen LogP contribution in [0.3, 0.4) is 0 Å². The summed E-state index contributed by atoms with van der Waals surface area (Å²) in [6.45, 7) is 5.06. The predicted octanol–water partition coefficient (Wildman–Crippen LogP) is 1.13. The molecule has 1 rings (SSSR count). The van der Waals surface area contributed by atoms with E-state index < -0.39 is 34.1 Å². The van der Waals surface area contributed by atoms with Crippen LogP contribution in [0.15, 0.2) is 23.1 Å². The number of hydrogen-bond acceptors (Lipinski definition) is 6. The van der Waals surface area contributed by atoms with Crippen LogP contribution < -0.4 is 14.8 Å². The Hall–Kier alpha value is -2.33. The lowest BCUT2D eigenvalue weighted by molar-refractivity contribution is -0.136. The van der Waals surface area contributed by atoms with Crippen LogP contribution in [-0.2, 0) is 26.0 Å². The molecule has 10 heteroatoms. The third-order valence-electron chi connectivity index (χ3n) is 2.98. The zero-order valence-electron chi connectivity index (χ0n) is 15.2. The third-order valence-corrected chi connectivity index (χ3v) is 4.55. The Morgan fingerprint density at radius 3 is 2.38 bits per heavy atom. The van der Waals surface area contributed by atoms with Gasteiger partial charge in [0.1, 0.15) is 11.4 Å². The van der Waals surface area contributed by atoms with Crippen LogP contribution in [0.2, 0.25) is 0 Å². The largest absolute Gasteiger partial charge is 0.497 e. The summed E-state index contributed by atoms with van der Waals surface area (Å²) in [5.74, 6) is -0.812. The molecule has 0 fully saturated rings. The van der Waals surface area contributed by atoms with E-state index in [-0.39, 0.29) is 23.5 Å². The predicted molar refractivity (Wildman–Crippen MR) is 93.8 cm³/mol. The molecule has 0 saturated heterocycles. The Bertz CT molecular complexity index is 754. The number of ether oxygens (including phenoxy) is 2. The van der Waals surface area contributed by atoms with E-state index in [0.29, 0.717) is 5.75 Å². The monoisotopic (exact) mass is 388 g/mol. The molecular weight excluding hydrogens is 364 g/mol. The van der Waals surface area contributed by atoms with Crippen molar-refractivity contribution in [2.75, 3.05) is 20.2 Å². The van der Waals surface area contributed by atoms with Gasteiger partial charge in [-0.25, -0.2) is 17.9 Å². The molecule has 1 aromatic carbocycles. The van der Waals surface area contributed by atoms with Crippen molar-refractivity contribution in [3.05, 3.63) is 23.8 Å². The van der Waals surface area contributed by atoms with E-state index in [1.54, 1.807) is 20.8 Å². The minimum Gasteiger partial charge on any atom is -0.497 e. The smallest absolute Gasteiger partial charge is 0.407 e. The Labute approximate surface area is 152 Å². The lowest BCUT2D eigenvalue weighted by Gasteiger charge is -2.19. The van der Waals surface area contributed by atoms with E-state index in [1.165, 1.54) is 25.3 Å². The first kappa shape index (κ1) is 21.7. The second-order valence-electron chi connectivity index (χ2n) is 6.37. The summed E-state index contributed by atoms with van der Waals surface area (Å²) < 4.78 is 37.2. The highest BCUT2D eigenvalue weighted by Gasteiger charge is 2.21. The number of benzene rings is 1. The van der Waals surface area contributed by atoms with E-state index in [2.05, 4.69) is 10.0 Å². The van der Waals surface area contributed by atoms with Crippen molar-refractivity contribution in [2.45, 2.75) is 37.7 Å². The summed E-state index contributed by atoms with van der Waals surface area (Å²) in [7, 11) is -2.56. The van der Waals surface area contributed by atoms with Crippen LogP contribution in [0.4, 0.5) is 4.79 Å². The maximum atomic E-state index is 12.4. The van der Waals surface area contributed by atoms with Gasteiger partial charge in [0, 0.05) is 13.1 Å². The van der Waals surface area contributed by atoms with Gasteiger partial charge in [-0.1, -0.05) is 0 Å². The van der Waals surface area contributed by atoms with Crippen molar-refractivity contribution in [1.82, 2.24) is 10.0 Å². The summed E-state index contributed by atoms with van der Waals surface area (Å²) in [5.41, 5.74) is -0.553. The van der Waals surface area contributed by atoms with Gasteiger partial charge < -0.3 is 19.9 Å². The van der Waals surface area contributed by atoms with Crippen LogP contribution in [0.1, 0.15) is 26.3 Å². The molecule has 146 valence electrons. The first-order chi connectivity index (χ1) is 11.9. The van der Waals surface area contributed by atoms with Gasteiger partial charge >= 0.3 is 12.1 Å². The van der Waals surface area contributed by atoms with Crippen molar-refractivity contribution in [3.8, 4) is 5.75 Å². The van der Waals surface area contributed by atoms with Crippen molar-refractivity contribution in [3.63, 3.8) is 0 Å². The number of carbonyl (C=O) groups is 2. The maximum absolute atomic E-state index is 12.4. The van der Waals surface area contributed by atoms with Crippen LogP contribution in [0.5, 0.6) is 5.75 Å². The molecule has 0 aliphatic rings. The highest BCUT2D eigenvalue weighted by Crippen LogP contribution is 2.22. The van der Waals surface area contributed by atoms with Crippen molar-refractivity contribution in [2.24, 2.45) is 0 Å². The van der Waals surface area contributed by atoms with Gasteiger partial charge in [0.25, 0.3) is 0 Å². The molecule has 0 saturated carbocycles. The number of carboxylic acid groups (broad SMARTS) is 1. The molecule has 26 heavy (non-hydrogen) atoms. The quantitative estimate of drug-likeness (QED) is 0.569. The summed E-state index contributed by atoms with van der Waals surface area (Å²) in [4.78, 5) is 22.3. The number of sulfonamides is 1. The lowest BCUT2D eigenvalue weighted by atomic mass is 10.1. The van der Waals surface area contributed by atoms with Crippen molar-refractivity contribution >= 4 is 22.1 Å². The fraction of sp³-hybridized carbons (Fsp3) is 0.500. The van der Waals surface area contributed by atoms with Gasteiger partial charge in [0.05, 0.1) is 18.4 Å². The molecule has 0 bridgehead atoms. The molecule has 3 N–H and O–H groups in total. The molecule has 0 heterocycles. The average Bonchev–Trinajstić information content (AvgIpc) is 2.49. The highest BCUT2D eigenvalue weighted by atomic mass is 32.2. The minimum absolute atomic E-state index is 0.0125. The van der Waals surface area contributed by atoms with Crippen LogP contribution in [0.25, 0.3) is 0 Å². The number of aliphatic carboxylic acids is 1. The van der Waals surface area contributed by atoms with Crippen LogP contribution in [-0.4, -0.2) is 51.4 Å². The average molecular weight is 388 g/mol. The molecular formula is C16H24N2O7S. The standard InChI is InChI=1S/C16H24N2O7S/c1-16(2,3)25-15(21)17-7-8-18-26(22,23)13-6-5-12(24-4)9-11(13)10-14(19)20/h5-6,9,18H,7-8,10H2,1-4H3,(H,17,21)(H,19,20). The normalized spacial score (nSPS) is 11.7. The topological polar surface area (TPSA) is 131 Å². The lowest BCUT2D eigenvalue weighted by Crippen LogP contribution is -2.38. The fourth-order valence-corrected chi connectivity index (χ4v) is 3.24. The van der Waals surface area contributed by atoms with Crippen molar-refractivity contribution in [1.29, 1.82) is 0 Å². The summed E-state index contributed by atoms with van der Waals surface area (Å²) >= 11 is 0. The van der Waals surface area contributed by atoms with Gasteiger partial charge in [-0.05, 0) is 44.5 Å². The van der Waals surface area contributed by atoms with Gasteiger partial charge in [-0.15, -0.1) is 0 Å². The first-order valence-electron chi connectivity index (χ1n) is 7.80. The maximum Gasteiger partial charge on any atom is 0.407 e. The highest BCUT2D eigenvalue weighted by molar-refractivity contribution is 7.89. The Kier molecular flexibility index (Phi) is 7.40. The van der Waals surface area contributed by atoms with Gasteiger partial charge in [0.2, 0.25) is 10.0 Å². The van der Waals surface area contributed by atoms with Gasteiger partial charge in [0.15, 0.2) is 0 Å². The minimum atomic E-state index is -3.96. The number of carboxylic acids is 1. The summed E-state index contributed by atoms with van der Waals surface area (Å²) in [5, 5.41) is 11.4. The van der Waals surface area contributed by atoms with E-state index in [4.69, 9.17) is 14.6 Å². The number of methoxy groups -OCH3 is 1. The van der Waals surface area contributed by atoms with E-state index in [0.717, 1.165) is 0 Å². The fourth-order valence-electron chi connectivity index (χ4n) is 1.99. The SMILES string of the molecule is COc1ccc(S(=O)(=O)NCCNC(=O)OC(C)(C)C)c(CC(=O)O)c1. The molecule has 0 unspecified atom stereocenters. The summed E-state index contributed by atoms with van der Waals surface area (Å²) in [6, 6.07) is 4.07. The number of alkyl carbamates (subject to hydrolysis) is 1. The molecule has 0 radical (unpaired) electrons. The Morgan fingerprint density at radius 1 is 1.19 bits per heavy atom. The zero-order valence-corrected chi connectivity index (χ0v) is 16.0. The summed E-state index contributed by atoms with van der Waals surface area (Å²) in [6.07, 6.45) is -1.13. The molecule has 1 aromatic rings. The van der Waals surface area contributed by atoms with E-state index in [9.17, 15) is 18.0 Å². The number of amides is 1. The second-order valence-corrected chi connectivity index (χ2v) is 8.11. The molecule has 0 aromatic heterocycles. The van der Waals surface area contributed by atoms with Gasteiger partial charge in [-0.2, -0.15) is 0 Å². The van der Waals surface area contributed by atoms with E-state index >= 15 is 0 Å². The molecule has 0 aliphatic heterocycles. The zero-order chi connectivity index (χ0) is 20.0. The van der Waals surface area contributed by atoms with Crippen LogP contribution >= 0.6 is 0 Å². The molecule has 1 amide bonds. The van der Waals surface area contributed by atoms with E-state index in [1.807, 2.05) is 0 Å². The Balaban J connectivity index is 2.76. The number of rotatable bonds is 8. The number of nitrogens with one attached hydrogen (secondary N) is 2. The van der Waals surface area contributed by atoms with Gasteiger partial charge in [-0.3, -0.25) is 4.79 Å². The third kappa shape index (κ3) is 7.28. The molecule has 9 nitrogen and oxygen atoms in total. The molecule has 0 spiro atoms. The number of carbonyl (C=O) groups excluding carboxylic acids is 1.